The molecule has 2 fully saturated rings. The average Bonchev–Trinajstić information content (AvgIpc) is 2.85. The van der Waals surface area contributed by atoms with Crippen LogP contribution in [0.4, 0.5) is 0 Å². The largest absolute Gasteiger partial charge is 0.370 e. The quantitative estimate of drug-likeness (QED) is 0.777. The van der Waals surface area contributed by atoms with Crippen molar-refractivity contribution in [2.24, 2.45) is 5.92 Å². The monoisotopic (exact) mass is 294 g/mol. The minimum Gasteiger partial charge on any atom is -0.370 e. The molecule has 3 rings (SSSR count). The van der Waals surface area contributed by atoms with E-state index >= 15 is 0 Å². The van der Waals surface area contributed by atoms with Crippen LogP contribution in [0.5, 0.6) is 0 Å². The molecule has 2 nitrogen and oxygen atoms in total. The van der Waals surface area contributed by atoms with E-state index in [0.717, 1.165) is 12.8 Å². The van der Waals surface area contributed by atoms with Crippen LogP contribution in [-0.2, 0) is 16.1 Å². The number of fused-ring (bicyclic) bond motifs is 2. The van der Waals surface area contributed by atoms with Gasteiger partial charge in [-0.1, -0.05) is 44.2 Å². The fourth-order valence-corrected chi connectivity index (χ4v) is 4.35. The van der Waals surface area contributed by atoms with Crippen LogP contribution in [0, 0.1) is 5.92 Å². The van der Waals surface area contributed by atoms with Crippen LogP contribution in [0.15, 0.2) is 30.3 Å². The number of halogens is 1. The third-order valence-electron chi connectivity index (χ3n) is 4.99. The smallest absolute Gasteiger partial charge is 0.0939 e. The Kier molecular flexibility index (Phi) is 3.60. The molecule has 2 aliphatic heterocycles. The third-order valence-corrected chi connectivity index (χ3v) is 5.52. The molecule has 3 heteroatoms. The summed E-state index contributed by atoms with van der Waals surface area (Å²) in [5.41, 5.74) is 0.767. The first kappa shape index (κ1) is 14.4. The second-order valence-electron chi connectivity index (χ2n) is 6.69. The second kappa shape index (κ2) is 5.01. The van der Waals surface area contributed by atoms with E-state index in [1.54, 1.807) is 0 Å². The summed E-state index contributed by atoms with van der Waals surface area (Å²) in [7, 11) is 0. The van der Waals surface area contributed by atoms with Crippen molar-refractivity contribution in [2.45, 2.75) is 62.9 Å². The van der Waals surface area contributed by atoms with Gasteiger partial charge >= 0.3 is 0 Å². The van der Waals surface area contributed by atoms with Crippen molar-refractivity contribution in [2.75, 3.05) is 0 Å². The lowest BCUT2D eigenvalue weighted by molar-refractivity contribution is -0.0957. The Morgan fingerprint density at radius 1 is 1.30 bits per heavy atom. The van der Waals surface area contributed by atoms with Gasteiger partial charge in [0.05, 0.1) is 29.3 Å². The molecule has 4 unspecified atom stereocenters. The minimum absolute atomic E-state index is 0.101. The van der Waals surface area contributed by atoms with Gasteiger partial charge in [-0.3, -0.25) is 0 Å². The van der Waals surface area contributed by atoms with Crippen molar-refractivity contribution in [3.63, 3.8) is 0 Å². The van der Waals surface area contributed by atoms with Crippen molar-refractivity contribution >= 4 is 11.6 Å². The predicted octanol–water partition coefficient (Wildman–Crippen LogP) is 4.16. The van der Waals surface area contributed by atoms with Gasteiger partial charge in [0.1, 0.15) is 0 Å². The molecule has 1 aromatic rings. The van der Waals surface area contributed by atoms with Crippen LogP contribution < -0.4 is 0 Å². The average molecular weight is 295 g/mol. The molecule has 0 aliphatic carbocycles. The van der Waals surface area contributed by atoms with E-state index < -0.39 is 0 Å². The number of hydrogen-bond acceptors (Lipinski definition) is 2. The van der Waals surface area contributed by atoms with E-state index in [1.165, 1.54) is 5.56 Å². The molecule has 20 heavy (non-hydrogen) atoms. The Balaban J connectivity index is 1.71. The van der Waals surface area contributed by atoms with E-state index in [1.807, 2.05) is 18.2 Å². The molecule has 0 N–H and O–H groups in total. The zero-order valence-corrected chi connectivity index (χ0v) is 13.2. The first-order chi connectivity index (χ1) is 9.46. The Bertz CT molecular complexity index is 475. The van der Waals surface area contributed by atoms with Crippen molar-refractivity contribution in [3.8, 4) is 0 Å². The van der Waals surface area contributed by atoms with Crippen LogP contribution in [0.1, 0.15) is 39.2 Å². The first-order valence-corrected chi connectivity index (χ1v) is 7.90. The van der Waals surface area contributed by atoms with E-state index in [4.69, 9.17) is 21.1 Å². The molecule has 4 atom stereocenters. The molecular formula is C17H23ClO2. The standard InChI is InChI=1S/C17H23ClO2/c1-12(2)17-10-15(16(3,20-17)9-14(17)18)19-11-13-7-5-4-6-8-13/h4-8,12,14-15H,9-11H2,1-3H3. The van der Waals surface area contributed by atoms with Gasteiger partial charge in [-0.05, 0) is 24.8 Å². The summed E-state index contributed by atoms with van der Waals surface area (Å²) < 4.78 is 12.5. The van der Waals surface area contributed by atoms with E-state index in [0.29, 0.717) is 12.5 Å². The van der Waals surface area contributed by atoms with Gasteiger partial charge in [0.2, 0.25) is 0 Å². The van der Waals surface area contributed by atoms with E-state index in [-0.39, 0.29) is 22.7 Å². The number of benzene rings is 1. The highest BCUT2D eigenvalue weighted by atomic mass is 35.5. The molecule has 2 saturated heterocycles. The third kappa shape index (κ3) is 2.18. The molecular weight excluding hydrogens is 272 g/mol. The highest BCUT2D eigenvalue weighted by molar-refractivity contribution is 6.21. The lowest BCUT2D eigenvalue weighted by atomic mass is 9.75. The zero-order valence-electron chi connectivity index (χ0n) is 12.4. The molecule has 2 aliphatic rings. The number of alkyl halides is 1. The summed E-state index contributed by atoms with van der Waals surface area (Å²) >= 11 is 6.55. The number of rotatable bonds is 4. The highest BCUT2D eigenvalue weighted by Crippen LogP contribution is 2.57. The second-order valence-corrected chi connectivity index (χ2v) is 7.21. The van der Waals surface area contributed by atoms with Gasteiger partial charge in [0.25, 0.3) is 0 Å². The summed E-state index contributed by atoms with van der Waals surface area (Å²) in [4.78, 5) is 0. The van der Waals surface area contributed by atoms with Crippen molar-refractivity contribution < 1.29 is 9.47 Å². The van der Waals surface area contributed by atoms with E-state index in [2.05, 4.69) is 32.9 Å². The molecule has 1 aromatic carbocycles. The Morgan fingerprint density at radius 2 is 2.00 bits per heavy atom. The molecule has 110 valence electrons. The summed E-state index contributed by atoms with van der Waals surface area (Å²) in [5, 5.41) is 0.101. The van der Waals surface area contributed by atoms with E-state index in [9.17, 15) is 0 Å². The summed E-state index contributed by atoms with van der Waals surface area (Å²) in [5.74, 6) is 0.414. The van der Waals surface area contributed by atoms with Crippen molar-refractivity contribution in [3.05, 3.63) is 35.9 Å². The van der Waals surface area contributed by atoms with Crippen LogP contribution in [0.3, 0.4) is 0 Å². The van der Waals surface area contributed by atoms with Gasteiger partial charge in [-0.15, -0.1) is 11.6 Å². The molecule has 2 bridgehead atoms. The Morgan fingerprint density at radius 3 is 2.60 bits per heavy atom. The van der Waals surface area contributed by atoms with Crippen molar-refractivity contribution in [1.82, 2.24) is 0 Å². The fourth-order valence-electron chi connectivity index (χ4n) is 3.66. The van der Waals surface area contributed by atoms with Crippen LogP contribution in [0.25, 0.3) is 0 Å². The molecule has 0 spiro atoms. The van der Waals surface area contributed by atoms with Gasteiger partial charge in [0, 0.05) is 6.42 Å². The van der Waals surface area contributed by atoms with Gasteiger partial charge in [0.15, 0.2) is 0 Å². The molecule has 0 radical (unpaired) electrons. The normalized spacial score (nSPS) is 39.6. The summed E-state index contributed by atoms with van der Waals surface area (Å²) in [6, 6.07) is 10.3. The van der Waals surface area contributed by atoms with Crippen LogP contribution in [-0.4, -0.2) is 22.7 Å². The van der Waals surface area contributed by atoms with Crippen molar-refractivity contribution in [1.29, 1.82) is 0 Å². The molecule has 2 heterocycles. The number of hydrogen-bond donors (Lipinski definition) is 0. The Labute approximate surface area is 126 Å². The van der Waals surface area contributed by atoms with Gasteiger partial charge < -0.3 is 9.47 Å². The zero-order chi connectivity index (χ0) is 14.4. The first-order valence-electron chi connectivity index (χ1n) is 7.46. The topological polar surface area (TPSA) is 18.5 Å². The lowest BCUT2D eigenvalue weighted by Crippen LogP contribution is -2.45. The lowest BCUT2D eigenvalue weighted by Gasteiger charge is -2.35. The minimum atomic E-state index is -0.231. The summed E-state index contributed by atoms with van der Waals surface area (Å²) in [6.07, 6.45) is 1.93. The van der Waals surface area contributed by atoms with Crippen LogP contribution >= 0.6 is 11.6 Å². The fraction of sp³-hybridized carbons (Fsp3) is 0.647. The SMILES string of the molecule is CC(C)C12CC(OCc3ccccc3)C(C)(CC1Cl)O2. The predicted molar refractivity (Wildman–Crippen MR) is 81.0 cm³/mol. The number of ether oxygens (including phenoxy) is 2. The summed E-state index contributed by atoms with van der Waals surface area (Å²) in [6.45, 7) is 7.18. The maximum Gasteiger partial charge on any atom is 0.0939 e. The maximum atomic E-state index is 6.55. The van der Waals surface area contributed by atoms with Gasteiger partial charge in [-0.25, -0.2) is 0 Å². The highest BCUT2D eigenvalue weighted by Gasteiger charge is 2.65. The van der Waals surface area contributed by atoms with Gasteiger partial charge in [-0.2, -0.15) is 0 Å². The molecule has 0 saturated carbocycles. The maximum absolute atomic E-state index is 6.55. The molecule has 0 aromatic heterocycles. The molecule has 0 amide bonds. The Hall–Kier alpha value is -0.570. The van der Waals surface area contributed by atoms with Crippen LogP contribution in [0.2, 0.25) is 0 Å².